The van der Waals surface area contributed by atoms with Crippen molar-refractivity contribution < 1.29 is 14.6 Å². The molecule has 2 atom stereocenters. The van der Waals surface area contributed by atoms with Crippen molar-refractivity contribution in [1.82, 2.24) is 4.90 Å². The first-order valence-electron chi connectivity index (χ1n) is 7.55. The van der Waals surface area contributed by atoms with Crippen LogP contribution in [0.15, 0.2) is 22.7 Å². The summed E-state index contributed by atoms with van der Waals surface area (Å²) in [6.45, 7) is 2.82. The second kappa shape index (κ2) is 6.38. The molecule has 1 aromatic carbocycles. The van der Waals surface area contributed by atoms with Gasteiger partial charge in [-0.05, 0) is 52.9 Å². The van der Waals surface area contributed by atoms with Gasteiger partial charge in [-0.25, -0.2) is 0 Å². The molecular formula is C16H19BrClNO3. The Balaban J connectivity index is 1.54. The first kappa shape index (κ1) is 16.1. The van der Waals surface area contributed by atoms with E-state index < -0.39 is 11.4 Å². The van der Waals surface area contributed by atoms with E-state index in [4.69, 9.17) is 16.3 Å². The van der Waals surface area contributed by atoms with E-state index in [1.165, 1.54) is 0 Å². The third-order valence-electron chi connectivity index (χ3n) is 4.93. The maximum Gasteiger partial charge on any atom is 0.311 e. The Morgan fingerprint density at radius 1 is 1.55 bits per heavy atom. The zero-order chi connectivity index (χ0) is 15.7. The van der Waals surface area contributed by atoms with Crippen LogP contribution in [0.2, 0.25) is 5.02 Å². The molecule has 1 saturated carbocycles. The van der Waals surface area contributed by atoms with E-state index in [1.54, 1.807) is 12.1 Å². The average Bonchev–Trinajstić information content (AvgIpc) is 2.99. The predicted molar refractivity (Wildman–Crippen MR) is 88.5 cm³/mol. The summed E-state index contributed by atoms with van der Waals surface area (Å²) in [5.41, 5.74) is -0.513. The number of benzene rings is 1. The fourth-order valence-corrected chi connectivity index (χ4v) is 4.59. The number of carboxylic acids is 1. The molecular weight excluding hydrogens is 370 g/mol. The van der Waals surface area contributed by atoms with Gasteiger partial charge in [0.25, 0.3) is 0 Å². The third-order valence-corrected chi connectivity index (χ3v) is 5.78. The van der Waals surface area contributed by atoms with Crippen LogP contribution >= 0.6 is 27.5 Å². The highest BCUT2D eigenvalue weighted by atomic mass is 79.9. The first-order chi connectivity index (χ1) is 10.5. The van der Waals surface area contributed by atoms with E-state index in [9.17, 15) is 9.90 Å². The summed E-state index contributed by atoms with van der Waals surface area (Å²) in [6.07, 6.45) is 2.89. The topological polar surface area (TPSA) is 49.8 Å². The van der Waals surface area contributed by atoms with E-state index in [2.05, 4.69) is 20.8 Å². The van der Waals surface area contributed by atoms with Gasteiger partial charge in [-0.2, -0.15) is 0 Å². The molecule has 0 radical (unpaired) electrons. The molecule has 0 bridgehead atoms. The minimum Gasteiger partial charge on any atom is -0.491 e. The van der Waals surface area contributed by atoms with Gasteiger partial charge in [0, 0.05) is 24.7 Å². The standard InChI is InChI=1S/C16H19BrClNO3/c17-13-8-12(18)3-4-14(13)22-7-6-19-9-11-2-1-5-16(11,10-19)15(20)21/h3-4,8,11H,1-2,5-7,9-10H2,(H,20,21)/t11-,16+/m0/s1. The fraction of sp³-hybridized carbons (Fsp3) is 0.562. The Labute approximate surface area is 143 Å². The number of fused-ring (bicyclic) bond motifs is 1. The van der Waals surface area contributed by atoms with Gasteiger partial charge in [-0.15, -0.1) is 0 Å². The van der Waals surface area contributed by atoms with Crippen molar-refractivity contribution in [3.8, 4) is 5.75 Å². The minimum atomic E-state index is -0.626. The monoisotopic (exact) mass is 387 g/mol. The van der Waals surface area contributed by atoms with Crippen LogP contribution in [0.4, 0.5) is 0 Å². The van der Waals surface area contributed by atoms with Crippen molar-refractivity contribution in [3.63, 3.8) is 0 Å². The van der Waals surface area contributed by atoms with E-state index in [-0.39, 0.29) is 0 Å². The molecule has 6 heteroatoms. The number of halogens is 2. The lowest BCUT2D eigenvalue weighted by Crippen LogP contribution is -2.36. The molecule has 1 N–H and O–H groups in total. The van der Waals surface area contributed by atoms with Gasteiger partial charge in [0.15, 0.2) is 0 Å². The number of nitrogens with zero attached hydrogens (tertiary/aromatic N) is 1. The Morgan fingerprint density at radius 2 is 2.36 bits per heavy atom. The average molecular weight is 389 g/mol. The number of ether oxygens (including phenoxy) is 1. The molecule has 120 valence electrons. The highest BCUT2D eigenvalue weighted by Gasteiger charge is 2.54. The Hall–Kier alpha value is -0.780. The molecule has 1 aliphatic carbocycles. The second-order valence-electron chi connectivity index (χ2n) is 6.21. The molecule has 2 fully saturated rings. The molecule has 3 rings (SSSR count). The molecule has 1 heterocycles. The lowest BCUT2D eigenvalue weighted by Gasteiger charge is -2.23. The summed E-state index contributed by atoms with van der Waals surface area (Å²) >= 11 is 9.33. The van der Waals surface area contributed by atoms with Crippen LogP contribution in [0.25, 0.3) is 0 Å². The van der Waals surface area contributed by atoms with Crippen molar-refractivity contribution in [1.29, 1.82) is 0 Å². The maximum atomic E-state index is 11.6. The van der Waals surface area contributed by atoms with Crippen LogP contribution in [0.3, 0.4) is 0 Å². The second-order valence-corrected chi connectivity index (χ2v) is 7.50. The number of hydrogen-bond donors (Lipinski definition) is 1. The molecule has 0 amide bonds. The molecule has 0 spiro atoms. The lowest BCUT2D eigenvalue weighted by molar-refractivity contribution is -0.149. The number of carboxylic acid groups (broad SMARTS) is 1. The van der Waals surface area contributed by atoms with Crippen LogP contribution in [0.5, 0.6) is 5.75 Å². The summed E-state index contributed by atoms with van der Waals surface area (Å²) in [5.74, 6) is 0.433. The van der Waals surface area contributed by atoms with Crippen molar-refractivity contribution in [2.75, 3.05) is 26.2 Å². The quantitative estimate of drug-likeness (QED) is 0.836. The predicted octanol–water partition coefficient (Wildman–Crippen LogP) is 3.67. The van der Waals surface area contributed by atoms with Crippen LogP contribution in [0, 0.1) is 11.3 Å². The maximum absolute atomic E-state index is 11.6. The number of carbonyl (C=O) groups is 1. The Morgan fingerprint density at radius 3 is 3.05 bits per heavy atom. The van der Waals surface area contributed by atoms with Crippen LogP contribution < -0.4 is 4.74 Å². The summed E-state index contributed by atoms with van der Waals surface area (Å²) in [5, 5.41) is 10.2. The van der Waals surface area contributed by atoms with Gasteiger partial charge in [-0.1, -0.05) is 18.0 Å². The van der Waals surface area contributed by atoms with Gasteiger partial charge >= 0.3 is 5.97 Å². The van der Waals surface area contributed by atoms with Crippen LogP contribution in [-0.2, 0) is 4.79 Å². The van der Waals surface area contributed by atoms with Crippen molar-refractivity contribution in [2.45, 2.75) is 19.3 Å². The molecule has 4 nitrogen and oxygen atoms in total. The molecule has 0 unspecified atom stereocenters. The molecule has 1 saturated heterocycles. The highest BCUT2D eigenvalue weighted by Crippen LogP contribution is 2.48. The zero-order valence-corrected chi connectivity index (χ0v) is 14.6. The first-order valence-corrected chi connectivity index (χ1v) is 8.72. The van der Waals surface area contributed by atoms with Gasteiger partial charge in [0.05, 0.1) is 9.89 Å². The Bertz CT molecular complexity index is 583. The van der Waals surface area contributed by atoms with Gasteiger partial charge in [0.1, 0.15) is 12.4 Å². The normalized spacial score (nSPS) is 27.8. The van der Waals surface area contributed by atoms with Gasteiger partial charge < -0.3 is 9.84 Å². The van der Waals surface area contributed by atoms with E-state index in [0.717, 1.165) is 42.6 Å². The van der Waals surface area contributed by atoms with E-state index >= 15 is 0 Å². The van der Waals surface area contributed by atoms with Crippen molar-refractivity contribution in [2.24, 2.45) is 11.3 Å². The largest absolute Gasteiger partial charge is 0.491 e. The summed E-state index contributed by atoms with van der Waals surface area (Å²) in [6, 6.07) is 5.43. The van der Waals surface area contributed by atoms with E-state index in [1.807, 2.05) is 6.07 Å². The molecule has 1 aromatic rings. The van der Waals surface area contributed by atoms with Gasteiger partial charge in [-0.3, -0.25) is 9.69 Å². The molecule has 22 heavy (non-hydrogen) atoms. The number of likely N-dealkylation sites (tertiary alicyclic amines) is 1. The third kappa shape index (κ3) is 2.99. The fourth-order valence-electron chi connectivity index (χ4n) is 3.79. The lowest BCUT2D eigenvalue weighted by atomic mass is 9.81. The number of hydrogen-bond acceptors (Lipinski definition) is 3. The van der Waals surface area contributed by atoms with E-state index in [0.29, 0.717) is 24.1 Å². The summed E-state index contributed by atoms with van der Waals surface area (Å²) in [7, 11) is 0. The summed E-state index contributed by atoms with van der Waals surface area (Å²) in [4.78, 5) is 13.9. The number of aliphatic carboxylic acids is 1. The highest BCUT2D eigenvalue weighted by molar-refractivity contribution is 9.10. The molecule has 1 aliphatic heterocycles. The van der Waals surface area contributed by atoms with Crippen molar-refractivity contribution >= 4 is 33.5 Å². The van der Waals surface area contributed by atoms with Gasteiger partial charge in [0.2, 0.25) is 0 Å². The molecule has 0 aromatic heterocycles. The molecule has 2 aliphatic rings. The summed E-state index contributed by atoms with van der Waals surface area (Å²) < 4.78 is 6.61. The minimum absolute atomic E-state index is 0.298. The smallest absolute Gasteiger partial charge is 0.311 e. The number of rotatable bonds is 5. The van der Waals surface area contributed by atoms with Crippen molar-refractivity contribution in [3.05, 3.63) is 27.7 Å². The van der Waals surface area contributed by atoms with Crippen LogP contribution in [-0.4, -0.2) is 42.2 Å². The SMILES string of the molecule is O=C(O)[C@@]12CCC[C@H]1CN(CCOc1ccc(Cl)cc1Br)C2. The zero-order valence-electron chi connectivity index (χ0n) is 12.2. The van der Waals surface area contributed by atoms with Crippen LogP contribution in [0.1, 0.15) is 19.3 Å². The Kier molecular flexibility index (Phi) is 4.67.